The fraction of sp³-hybridized carbons (Fsp3) is 0.227. The number of hydrogen-bond donors (Lipinski definition) is 1. The zero-order chi connectivity index (χ0) is 21.6. The largest absolute Gasteiger partial charge is 0.399 e. The van der Waals surface area contributed by atoms with E-state index in [0.29, 0.717) is 36.5 Å². The molecule has 2 heterocycles. The van der Waals surface area contributed by atoms with Crippen molar-refractivity contribution in [3.63, 3.8) is 0 Å². The summed E-state index contributed by atoms with van der Waals surface area (Å²) < 4.78 is 5.18. The summed E-state index contributed by atoms with van der Waals surface area (Å²) in [5.41, 5.74) is 3.37. The summed E-state index contributed by atoms with van der Waals surface area (Å²) in [5, 5.41) is 10.5. The summed E-state index contributed by atoms with van der Waals surface area (Å²) in [4.78, 5) is 34.6. The number of nitrogens with zero attached hydrogens (tertiary/aromatic N) is 4. The van der Waals surface area contributed by atoms with E-state index in [0.717, 1.165) is 11.1 Å². The lowest BCUT2D eigenvalue weighted by atomic mass is 10.0. The average Bonchev–Trinajstić information content (AvgIpc) is 3.45. The second kappa shape index (κ2) is 9.21. The van der Waals surface area contributed by atoms with E-state index in [-0.39, 0.29) is 18.3 Å². The van der Waals surface area contributed by atoms with Gasteiger partial charge in [-0.05, 0) is 23.3 Å². The number of carbonyl (C=O) groups excluding carboxylic acids is 2. The topological polar surface area (TPSA) is 110 Å². The van der Waals surface area contributed by atoms with Gasteiger partial charge in [0.25, 0.3) is 5.91 Å². The first-order valence-corrected chi connectivity index (χ1v) is 9.74. The second-order valence-corrected chi connectivity index (χ2v) is 6.98. The Morgan fingerprint density at radius 2 is 1.97 bits per heavy atom. The molecule has 3 aromatic rings. The molecule has 31 heavy (non-hydrogen) atoms. The Labute approximate surface area is 178 Å². The van der Waals surface area contributed by atoms with E-state index >= 15 is 0 Å². The monoisotopic (exact) mass is 419 g/mol. The molecule has 0 bridgehead atoms. The molecule has 9 nitrogen and oxygen atoms in total. The lowest BCUT2D eigenvalue weighted by molar-refractivity contribution is -0.109. The molecule has 0 saturated carbocycles. The van der Waals surface area contributed by atoms with Crippen molar-refractivity contribution in [2.75, 3.05) is 13.7 Å². The molecule has 1 N–H and O–H groups in total. The predicted octanol–water partition coefficient (Wildman–Crippen LogP) is 2.57. The van der Waals surface area contributed by atoms with Crippen LogP contribution in [-0.2, 0) is 16.2 Å². The zero-order valence-electron chi connectivity index (χ0n) is 16.9. The van der Waals surface area contributed by atoms with E-state index in [4.69, 9.17) is 9.36 Å². The van der Waals surface area contributed by atoms with Crippen molar-refractivity contribution in [3.05, 3.63) is 71.9 Å². The molecule has 1 aliphatic rings. The van der Waals surface area contributed by atoms with Gasteiger partial charge >= 0.3 is 0 Å². The van der Waals surface area contributed by atoms with Gasteiger partial charge in [0.1, 0.15) is 13.2 Å². The molecule has 0 spiro atoms. The van der Waals surface area contributed by atoms with Gasteiger partial charge in [-0.1, -0.05) is 52.8 Å². The van der Waals surface area contributed by atoms with Crippen molar-refractivity contribution in [2.45, 2.75) is 19.0 Å². The third-order valence-electron chi connectivity index (χ3n) is 5.00. The third kappa shape index (κ3) is 4.45. The molecule has 1 fully saturated rings. The molecule has 1 aromatic heterocycles. The number of nitrogens with one attached hydrogen (secondary N) is 1. The number of hydrogen-bond acceptors (Lipinski definition) is 7. The van der Waals surface area contributed by atoms with Crippen molar-refractivity contribution in [1.29, 1.82) is 0 Å². The Bertz CT molecular complexity index is 1080. The summed E-state index contributed by atoms with van der Waals surface area (Å²) in [7, 11) is 1.46. The third-order valence-corrected chi connectivity index (χ3v) is 5.00. The number of aromatic nitrogens is 2. The van der Waals surface area contributed by atoms with Gasteiger partial charge < -0.3 is 19.6 Å². The Morgan fingerprint density at radius 1 is 1.23 bits per heavy atom. The van der Waals surface area contributed by atoms with Crippen molar-refractivity contribution in [3.8, 4) is 11.1 Å². The van der Waals surface area contributed by atoms with Crippen LogP contribution < -0.4 is 5.32 Å². The fourth-order valence-electron chi connectivity index (χ4n) is 3.55. The number of oxime groups is 1. The molecular weight excluding hydrogens is 398 g/mol. The molecule has 158 valence electrons. The standard InChI is InChI=1S/C22H21N5O4/c1-30-25-18-11-19(21-24-20(31-26-21)12-23-14-28)27(13-18)22(29)17-9-7-16(8-10-17)15-5-3-2-4-6-15/h2-10,14,19H,11-13H2,1H3,(H,23,28)/b25-18+. The smallest absolute Gasteiger partial charge is 0.254 e. The predicted molar refractivity (Wildman–Crippen MR) is 112 cm³/mol. The highest BCUT2D eigenvalue weighted by atomic mass is 16.6. The molecule has 2 aromatic carbocycles. The number of carbonyl (C=O) groups is 2. The van der Waals surface area contributed by atoms with Gasteiger partial charge in [0.15, 0.2) is 5.82 Å². The Hall–Kier alpha value is -4.01. The Balaban J connectivity index is 1.57. The van der Waals surface area contributed by atoms with Gasteiger partial charge in [0.2, 0.25) is 12.3 Å². The first-order valence-electron chi connectivity index (χ1n) is 9.74. The van der Waals surface area contributed by atoms with Crippen LogP contribution in [0.1, 0.15) is 34.5 Å². The van der Waals surface area contributed by atoms with Gasteiger partial charge in [0, 0.05) is 12.0 Å². The molecule has 1 atom stereocenters. The first kappa shape index (κ1) is 20.3. The van der Waals surface area contributed by atoms with Crippen LogP contribution in [0.2, 0.25) is 0 Å². The number of rotatable bonds is 7. The van der Waals surface area contributed by atoms with Crippen molar-refractivity contribution in [2.24, 2.45) is 5.16 Å². The molecule has 1 saturated heterocycles. The molecule has 4 rings (SSSR count). The normalized spacial score (nSPS) is 17.0. The highest BCUT2D eigenvalue weighted by Crippen LogP contribution is 2.31. The maximum atomic E-state index is 13.3. The average molecular weight is 419 g/mol. The number of benzene rings is 2. The SMILES string of the molecule is CO/N=C1\CC(c2noc(CNC=O)n2)N(C(=O)c2ccc(-c3ccccc3)cc2)C1. The Morgan fingerprint density at radius 3 is 2.68 bits per heavy atom. The van der Waals surface area contributed by atoms with Crippen molar-refractivity contribution < 1.29 is 18.9 Å². The van der Waals surface area contributed by atoms with E-state index in [9.17, 15) is 9.59 Å². The minimum atomic E-state index is -0.441. The molecule has 2 amide bonds. The molecule has 0 aliphatic carbocycles. The van der Waals surface area contributed by atoms with Crippen LogP contribution in [0.4, 0.5) is 0 Å². The van der Waals surface area contributed by atoms with Crippen LogP contribution in [0.3, 0.4) is 0 Å². The van der Waals surface area contributed by atoms with Gasteiger partial charge in [-0.3, -0.25) is 9.59 Å². The minimum absolute atomic E-state index is 0.122. The second-order valence-electron chi connectivity index (χ2n) is 6.98. The molecule has 9 heteroatoms. The highest BCUT2D eigenvalue weighted by Gasteiger charge is 2.37. The van der Waals surface area contributed by atoms with E-state index in [1.54, 1.807) is 4.90 Å². The van der Waals surface area contributed by atoms with Crippen LogP contribution in [0, 0.1) is 0 Å². The quantitative estimate of drug-likeness (QED) is 0.466. The molecular formula is C22H21N5O4. The minimum Gasteiger partial charge on any atom is -0.399 e. The van der Waals surface area contributed by atoms with E-state index in [2.05, 4.69) is 20.6 Å². The van der Waals surface area contributed by atoms with Gasteiger partial charge in [0.05, 0.1) is 18.8 Å². The fourth-order valence-corrected chi connectivity index (χ4v) is 3.55. The van der Waals surface area contributed by atoms with E-state index in [1.165, 1.54) is 7.11 Å². The highest BCUT2D eigenvalue weighted by molar-refractivity contribution is 6.00. The van der Waals surface area contributed by atoms with Crippen LogP contribution in [0.15, 0.2) is 64.3 Å². The summed E-state index contributed by atoms with van der Waals surface area (Å²) >= 11 is 0. The molecule has 1 aliphatic heterocycles. The van der Waals surface area contributed by atoms with Gasteiger partial charge in [-0.25, -0.2) is 0 Å². The van der Waals surface area contributed by atoms with Crippen LogP contribution in [0.5, 0.6) is 0 Å². The molecule has 0 radical (unpaired) electrons. The molecule has 1 unspecified atom stereocenters. The maximum absolute atomic E-state index is 13.3. The summed E-state index contributed by atoms with van der Waals surface area (Å²) in [6, 6.07) is 17.0. The van der Waals surface area contributed by atoms with Gasteiger partial charge in [-0.15, -0.1) is 0 Å². The Kier molecular flexibility index (Phi) is 6.02. The number of amides is 2. The van der Waals surface area contributed by atoms with Crippen molar-refractivity contribution >= 4 is 18.0 Å². The lowest BCUT2D eigenvalue weighted by Gasteiger charge is -2.21. The van der Waals surface area contributed by atoms with Crippen LogP contribution in [-0.4, -0.2) is 46.7 Å². The summed E-state index contributed by atoms with van der Waals surface area (Å²) in [5.74, 6) is 0.459. The lowest BCUT2D eigenvalue weighted by Crippen LogP contribution is -2.31. The first-order chi connectivity index (χ1) is 15.2. The zero-order valence-corrected chi connectivity index (χ0v) is 16.9. The maximum Gasteiger partial charge on any atom is 0.254 e. The van der Waals surface area contributed by atoms with E-state index < -0.39 is 6.04 Å². The van der Waals surface area contributed by atoms with Crippen LogP contribution in [0.25, 0.3) is 11.1 Å². The van der Waals surface area contributed by atoms with Gasteiger partial charge in [-0.2, -0.15) is 4.98 Å². The van der Waals surface area contributed by atoms with E-state index in [1.807, 2.05) is 54.6 Å². The number of likely N-dealkylation sites (tertiary alicyclic amines) is 1. The summed E-state index contributed by atoms with van der Waals surface area (Å²) in [6.07, 6.45) is 0.986. The van der Waals surface area contributed by atoms with Crippen LogP contribution >= 0.6 is 0 Å². The van der Waals surface area contributed by atoms with Crippen molar-refractivity contribution in [1.82, 2.24) is 20.4 Å². The summed E-state index contributed by atoms with van der Waals surface area (Å²) in [6.45, 7) is 0.422.